The van der Waals surface area contributed by atoms with E-state index in [1.165, 1.54) is 50.7 Å². The van der Waals surface area contributed by atoms with Gasteiger partial charge in [-0.25, -0.2) is 4.39 Å². The van der Waals surface area contributed by atoms with Gasteiger partial charge in [0, 0.05) is 37.3 Å². The first-order valence-electron chi connectivity index (χ1n) is 9.91. The lowest BCUT2D eigenvalue weighted by molar-refractivity contribution is -0.0987. The first kappa shape index (κ1) is 15.8. The normalized spacial score (nSPS) is 37.5. The zero-order valence-corrected chi connectivity index (χ0v) is 14.8. The highest BCUT2D eigenvalue weighted by molar-refractivity contribution is 5.94. The van der Waals surface area contributed by atoms with E-state index in [0.29, 0.717) is 11.1 Å². The third-order valence-electron chi connectivity index (χ3n) is 7.33. The summed E-state index contributed by atoms with van der Waals surface area (Å²) in [5, 5.41) is 0. The summed E-state index contributed by atoms with van der Waals surface area (Å²) in [6, 6.07) is 5.95. The standard InChI is InChI=1S/C21H27FN2O/c22-19-3-1-18(2-4-19)20(25)23-5-7-24(8-6-23)21-12-15-9-16(13-21)11-17(10-15)14-21/h1-4,15-17H,5-14H2. The number of carbonyl (C=O) groups is 1. The highest BCUT2D eigenvalue weighted by Gasteiger charge is 2.53. The van der Waals surface area contributed by atoms with E-state index in [1.807, 2.05) is 4.90 Å². The van der Waals surface area contributed by atoms with Crippen molar-refractivity contribution in [1.82, 2.24) is 9.80 Å². The molecule has 6 rings (SSSR count). The molecule has 5 fully saturated rings. The Morgan fingerprint density at radius 1 is 0.880 bits per heavy atom. The van der Waals surface area contributed by atoms with Gasteiger partial charge in [-0.2, -0.15) is 0 Å². The van der Waals surface area contributed by atoms with E-state index in [9.17, 15) is 9.18 Å². The molecule has 0 N–H and O–H groups in total. The molecule has 4 saturated carbocycles. The van der Waals surface area contributed by atoms with Crippen LogP contribution < -0.4 is 0 Å². The van der Waals surface area contributed by atoms with E-state index in [-0.39, 0.29) is 11.7 Å². The molecule has 1 saturated heterocycles. The van der Waals surface area contributed by atoms with Crippen LogP contribution in [0.15, 0.2) is 24.3 Å². The summed E-state index contributed by atoms with van der Waals surface area (Å²) in [5.41, 5.74) is 1.05. The third kappa shape index (κ3) is 2.69. The molecule has 4 bridgehead atoms. The van der Waals surface area contributed by atoms with E-state index in [0.717, 1.165) is 43.9 Å². The van der Waals surface area contributed by atoms with Crippen LogP contribution >= 0.6 is 0 Å². The molecule has 1 amide bonds. The number of amides is 1. The Hall–Kier alpha value is -1.42. The van der Waals surface area contributed by atoms with Gasteiger partial charge in [0.1, 0.15) is 5.82 Å². The minimum absolute atomic E-state index is 0.0464. The minimum Gasteiger partial charge on any atom is -0.336 e. The lowest BCUT2D eigenvalue weighted by atomic mass is 9.52. The molecule has 4 aliphatic carbocycles. The zero-order valence-electron chi connectivity index (χ0n) is 14.8. The van der Waals surface area contributed by atoms with Gasteiger partial charge in [0.05, 0.1) is 0 Å². The van der Waals surface area contributed by atoms with Gasteiger partial charge in [-0.05, 0) is 80.5 Å². The summed E-state index contributed by atoms with van der Waals surface area (Å²) < 4.78 is 13.1. The summed E-state index contributed by atoms with van der Waals surface area (Å²) in [6.07, 6.45) is 8.60. The van der Waals surface area contributed by atoms with Gasteiger partial charge >= 0.3 is 0 Å². The van der Waals surface area contributed by atoms with Crippen molar-refractivity contribution in [3.63, 3.8) is 0 Å². The van der Waals surface area contributed by atoms with Crippen LogP contribution in [0.3, 0.4) is 0 Å². The number of nitrogens with zero attached hydrogens (tertiary/aromatic N) is 2. The van der Waals surface area contributed by atoms with Gasteiger partial charge in [-0.15, -0.1) is 0 Å². The Labute approximate surface area is 149 Å². The van der Waals surface area contributed by atoms with Crippen LogP contribution in [0.4, 0.5) is 4.39 Å². The highest BCUT2D eigenvalue weighted by atomic mass is 19.1. The van der Waals surface area contributed by atoms with Crippen LogP contribution in [-0.2, 0) is 0 Å². The molecule has 1 heterocycles. The van der Waals surface area contributed by atoms with Crippen LogP contribution in [-0.4, -0.2) is 47.4 Å². The van der Waals surface area contributed by atoms with E-state index in [1.54, 1.807) is 12.1 Å². The van der Waals surface area contributed by atoms with E-state index in [2.05, 4.69) is 4.90 Å². The number of carbonyl (C=O) groups excluding carboxylic acids is 1. The molecule has 0 spiro atoms. The lowest BCUT2D eigenvalue weighted by Gasteiger charge is -2.61. The molecule has 1 aromatic carbocycles. The topological polar surface area (TPSA) is 23.6 Å². The maximum absolute atomic E-state index is 13.1. The Morgan fingerprint density at radius 3 is 1.92 bits per heavy atom. The van der Waals surface area contributed by atoms with Gasteiger partial charge in [0.2, 0.25) is 0 Å². The van der Waals surface area contributed by atoms with Crippen LogP contribution in [0.1, 0.15) is 48.9 Å². The zero-order chi connectivity index (χ0) is 17.0. The molecule has 4 heteroatoms. The quantitative estimate of drug-likeness (QED) is 0.820. The van der Waals surface area contributed by atoms with E-state index < -0.39 is 0 Å². The predicted octanol–water partition coefficient (Wildman–Crippen LogP) is 3.55. The third-order valence-corrected chi connectivity index (χ3v) is 7.33. The summed E-state index contributed by atoms with van der Waals surface area (Å²) >= 11 is 0. The van der Waals surface area contributed by atoms with Crippen molar-refractivity contribution in [3.05, 3.63) is 35.6 Å². The van der Waals surface area contributed by atoms with Gasteiger partial charge in [0.15, 0.2) is 0 Å². The summed E-state index contributed by atoms with van der Waals surface area (Å²) in [4.78, 5) is 17.3. The maximum Gasteiger partial charge on any atom is 0.253 e. The number of halogens is 1. The van der Waals surface area contributed by atoms with E-state index >= 15 is 0 Å². The number of hydrogen-bond acceptors (Lipinski definition) is 2. The van der Waals surface area contributed by atoms with Crippen molar-refractivity contribution in [2.75, 3.05) is 26.2 Å². The first-order chi connectivity index (χ1) is 12.1. The molecular formula is C21H27FN2O. The van der Waals surface area contributed by atoms with Crippen molar-refractivity contribution in [2.45, 2.75) is 44.1 Å². The Kier molecular flexibility index (Phi) is 3.67. The number of piperazine rings is 1. The van der Waals surface area contributed by atoms with Crippen molar-refractivity contribution >= 4 is 5.91 Å². The molecule has 25 heavy (non-hydrogen) atoms. The molecule has 5 aliphatic rings. The van der Waals surface area contributed by atoms with Gasteiger partial charge in [-0.3, -0.25) is 9.69 Å². The summed E-state index contributed by atoms with van der Waals surface area (Å²) in [6.45, 7) is 3.61. The minimum atomic E-state index is -0.289. The van der Waals surface area contributed by atoms with Crippen LogP contribution in [0.25, 0.3) is 0 Å². The second-order valence-electron chi connectivity index (χ2n) is 8.93. The van der Waals surface area contributed by atoms with Gasteiger partial charge in [-0.1, -0.05) is 0 Å². The average molecular weight is 342 g/mol. The smallest absolute Gasteiger partial charge is 0.253 e. The second-order valence-corrected chi connectivity index (χ2v) is 8.93. The largest absolute Gasteiger partial charge is 0.336 e. The van der Waals surface area contributed by atoms with Crippen LogP contribution in [0.5, 0.6) is 0 Å². The number of benzene rings is 1. The Bertz CT molecular complexity index is 628. The fourth-order valence-electron chi connectivity index (χ4n) is 6.61. The predicted molar refractivity (Wildman–Crippen MR) is 94.8 cm³/mol. The molecule has 0 atom stereocenters. The van der Waals surface area contributed by atoms with Crippen molar-refractivity contribution < 1.29 is 9.18 Å². The van der Waals surface area contributed by atoms with Crippen LogP contribution in [0.2, 0.25) is 0 Å². The maximum atomic E-state index is 13.1. The Morgan fingerprint density at radius 2 is 1.40 bits per heavy atom. The molecule has 1 aliphatic heterocycles. The van der Waals surface area contributed by atoms with Crippen LogP contribution in [0, 0.1) is 23.6 Å². The average Bonchev–Trinajstić information content (AvgIpc) is 2.61. The highest BCUT2D eigenvalue weighted by Crippen LogP contribution is 2.57. The fourth-order valence-corrected chi connectivity index (χ4v) is 6.61. The first-order valence-corrected chi connectivity index (χ1v) is 9.91. The molecule has 0 unspecified atom stereocenters. The van der Waals surface area contributed by atoms with E-state index in [4.69, 9.17) is 0 Å². The van der Waals surface area contributed by atoms with Crippen molar-refractivity contribution in [2.24, 2.45) is 17.8 Å². The molecule has 1 aromatic rings. The monoisotopic (exact) mass is 342 g/mol. The Balaban J connectivity index is 1.26. The fraction of sp³-hybridized carbons (Fsp3) is 0.667. The molecular weight excluding hydrogens is 315 g/mol. The van der Waals surface area contributed by atoms with Crippen molar-refractivity contribution in [1.29, 1.82) is 0 Å². The molecule has 0 radical (unpaired) electrons. The number of hydrogen-bond donors (Lipinski definition) is 0. The molecule has 134 valence electrons. The van der Waals surface area contributed by atoms with Gasteiger partial charge in [0.25, 0.3) is 5.91 Å². The summed E-state index contributed by atoms with van der Waals surface area (Å²) in [7, 11) is 0. The van der Waals surface area contributed by atoms with Crippen molar-refractivity contribution in [3.8, 4) is 0 Å². The SMILES string of the molecule is O=C(c1ccc(F)cc1)N1CCN(C23CC4CC(CC(C4)C2)C3)CC1. The molecule has 0 aromatic heterocycles. The molecule has 3 nitrogen and oxygen atoms in total. The second kappa shape index (κ2) is 5.80. The summed E-state index contributed by atoms with van der Waals surface area (Å²) in [5.74, 6) is 2.65. The number of rotatable bonds is 2. The van der Waals surface area contributed by atoms with Gasteiger partial charge < -0.3 is 4.90 Å². The lowest BCUT2D eigenvalue weighted by Crippen LogP contribution is -2.64.